The number of esters is 1. The van der Waals surface area contributed by atoms with Crippen molar-refractivity contribution in [2.24, 2.45) is 0 Å². The van der Waals surface area contributed by atoms with Crippen LogP contribution in [-0.4, -0.2) is 35.9 Å². The zero-order chi connectivity index (χ0) is 24.3. The number of ether oxygens (including phenoxy) is 2. The predicted octanol–water partition coefficient (Wildman–Crippen LogP) is 3.49. The molecule has 1 aliphatic heterocycles. The lowest BCUT2D eigenvalue weighted by molar-refractivity contribution is -0.147. The topological polar surface area (TPSA) is 115 Å². The van der Waals surface area contributed by atoms with Crippen LogP contribution < -0.4 is 11.2 Å². The van der Waals surface area contributed by atoms with Crippen molar-refractivity contribution in [2.75, 3.05) is 20.8 Å². The number of nitrogens with zero attached hydrogens (tertiary/aromatic N) is 2. The molecule has 1 unspecified atom stereocenters. The molecule has 0 bridgehead atoms. The highest BCUT2D eigenvalue weighted by Gasteiger charge is 2.39. The van der Waals surface area contributed by atoms with Gasteiger partial charge >= 0.3 is 19.3 Å². The molecule has 2 atom stereocenters. The minimum Gasteiger partial charge on any atom is -0.443 e. The van der Waals surface area contributed by atoms with E-state index in [-0.39, 0.29) is 15.6 Å². The van der Waals surface area contributed by atoms with Gasteiger partial charge in [-0.3, -0.25) is 18.7 Å². The number of hydrogen-bond donors (Lipinski definition) is 0. The first-order valence-electron chi connectivity index (χ1n) is 9.60. The van der Waals surface area contributed by atoms with Crippen molar-refractivity contribution in [1.29, 1.82) is 0 Å². The highest BCUT2D eigenvalue weighted by atomic mass is 35.5. The van der Waals surface area contributed by atoms with Crippen LogP contribution in [0.5, 0.6) is 0 Å². The number of benzene rings is 1. The predicted molar refractivity (Wildman–Crippen MR) is 116 cm³/mol. The van der Waals surface area contributed by atoms with Crippen LogP contribution in [0.15, 0.2) is 34.0 Å². The summed E-state index contributed by atoms with van der Waals surface area (Å²) in [7, 11) is -1.91. The zero-order valence-corrected chi connectivity index (χ0v) is 19.9. The van der Waals surface area contributed by atoms with Gasteiger partial charge in [0.15, 0.2) is 0 Å². The molecule has 1 aliphatic rings. The van der Waals surface area contributed by atoms with Crippen LogP contribution in [0.3, 0.4) is 0 Å². The third-order valence-corrected chi connectivity index (χ3v) is 7.66. The van der Waals surface area contributed by atoms with Crippen molar-refractivity contribution in [3.63, 3.8) is 0 Å². The van der Waals surface area contributed by atoms with Gasteiger partial charge in [-0.2, -0.15) is 4.39 Å². The molecular formula is C19H20Cl2FN2O8P. The summed E-state index contributed by atoms with van der Waals surface area (Å²) in [5.74, 6) is -4.04. The number of hydrogen-bond acceptors (Lipinski definition) is 8. The van der Waals surface area contributed by atoms with Crippen molar-refractivity contribution in [2.45, 2.75) is 31.5 Å². The molecule has 1 fully saturated rings. The van der Waals surface area contributed by atoms with Crippen LogP contribution in [0, 0.1) is 5.82 Å². The summed E-state index contributed by atoms with van der Waals surface area (Å²) in [5, 5.41) is 0.269. The van der Waals surface area contributed by atoms with Gasteiger partial charge in [0.05, 0.1) is 16.2 Å². The van der Waals surface area contributed by atoms with Crippen molar-refractivity contribution < 1.29 is 32.3 Å². The first-order valence-corrected chi connectivity index (χ1v) is 12.0. The first kappa shape index (κ1) is 25.6. The summed E-state index contributed by atoms with van der Waals surface area (Å²) in [4.78, 5) is 37.7. The molecule has 33 heavy (non-hydrogen) atoms. The smallest absolute Gasteiger partial charge is 0.375 e. The summed E-state index contributed by atoms with van der Waals surface area (Å²) in [5.41, 5.74) is -2.16. The van der Waals surface area contributed by atoms with Gasteiger partial charge in [0.2, 0.25) is 11.7 Å². The van der Waals surface area contributed by atoms with Gasteiger partial charge in [-0.15, -0.1) is 0 Å². The van der Waals surface area contributed by atoms with Crippen molar-refractivity contribution >= 4 is 36.8 Å². The van der Waals surface area contributed by atoms with E-state index in [0.717, 1.165) is 25.0 Å². The Morgan fingerprint density at radius 2 is 1.97 bits per heavy atom. The maximum Gasteiger partial charge on any atom is 0.375 e. The number of carbonyl (C=O) groups excluding carboxylic acids is 1. The zero-order valence-electron chi connectivity index (χ0n) is 17.5. The Morgan fingerprint density at radius 3 is 2.55 bits per heavy atom. The van der Waals surface area contributed by atoms with E-state index in [1.165, 1.54) is 18.2 Å². The summed E-state index contributed by atoms with van der Waals surface area (Å²) >= 11 is 11.9. The molecule has 1 aromatic heterocycles. The fourth-order valence-electron chi connectivity index (χ4n) is 3.25. The number of rotatable bonds is 8. The molecule has 180 valence electrons. The van der Waals surface area contributed by atoms with E-state index in [1.54, 1.807) is 0 Å². The Labute approximate surface area is 197 Å². The molecule has 14 heteroatoms. The standard InChI is InChI=1S/C19H20Cl2FN2O8P/c1-29-33(28,30-2)18(11-5-6-12(20)13(21)8-11)32-16(25)10-24-17(26)14(22)9-23(19(24)27)15-4-3-7-31-15/h5-6,8-9,15,18H,3-4,7,10H2,1-2H3/t15-,18?/m1/s1. The van der Waals surface area contributed by atoms with Crippen LogP contribution >= 0.6 is 30.8 Å². The molecule has 0 N–H and O–H groups in total. The average Bonchev–Trinajstić information content (AvgIpc) is 3.33. The average molecular weight is 525 g/mol. The fraction of sp³-hybridized carbons (Fsp3) is 0.421. The third-order valence-electron chi connectivity index (χ3n) is 4.92. The first-order chi connectivity index (χ1) is 15.6. The Kier molecular flexibility index (Phi) is 8.15. The van der Waals surface area contributed by atoms with Crippen molar-refractivity contribution in [3.8, 4) is 0 Å². The molecule has 0 spiro atoms. The molecule has 2 aromatic rings. The summed E-state index contributed by atoms with van der Waals surface area (Å²) in [6, 6.07) is 4.06. The molecule has 0 radical (unpaired) electrons. The Hall–Kier alpha value is -2.01. The lowest BCUT2D eigenvalue weighted by atomic mass is 10.2. The molecule has 10 nitrogen and oxygen atoms in total. The van der Waals surface area contributed by atoms with Gasteiger partial charge < -0.3 is 18.5 Å². The Balaban J connectivity index is 1.95. The monoisotopic (exact) mass is 524 g/mol. The molecule has 0 saturated carbocycles. The molecule has 1 saturated heterocycles. The van der Waals surface area contributed by atoms with Crippen LogP contribution in [0.4, 0.5) is 4.39 Å². The van der Waals surface area contributed by atoms with Gasteiger partial charge in [-0.1, -0.05) is 29.3 Å². The largest absolute Gasteiger partial charge is 0.443 e. The highest BCUT2D eigenvalue weighted by Crippen LogP contribution is 2.60. The quantitative estimate of drug-likeness (QED) is 0.380. The van der Waals surface area contributed by atoms with Gasteiger partial charge in [-0.25, -0.2) is 9.36 Å². The lowest BCUT2D eigenvalue weighted by Crippen LogP contribution is -2.44. The molecular weight excluding hydrogens is 505 g/mol. The van der Waals surface area contributed by atoms with Crippen LogP contribution in [-0.2, 0) is 34.4 Å². The normalized spacial score (nSPS) is 17.2. The summed E-state index contributed by atoms with van der Waals surface area (Å²) < 4.78 is 49.1. The van der Waals surface area contributed by atoms with Gasteiger partial charge in [0.25, 0.3) is 5.56 Å². The van der Waals surface area contributed by atoms with Crippen LogP contribution in [0.25, 0.3) is 0 Å². The van der Waals surface area contributed by atoms with Gasteiger partial charge in [0, 0.05) is 26.4 Å². The minimum atomic E-state index is -4.08. The molecule has 1 aromatic carbocycles. The van der Waals surface area contributed by atoms with E-state index in [1.807, 2.05) is 0 Å². The SMILES string of the molecule is COP(=O)(OC)C(OC(=O)Cn1c(=O)c(F)cn([C@H]2CCCO2)c1=O)c1ccc(Cl)c(Cl)c1. The van der Waals surface area contributed by atoms with E-state index >= 15 is 0 Å². The van der Waals surface area contributed by atoms with Crippen LogP contribution in [0.2, 0.25) is 10.0 Å². The fourth-order valence-corrected chi connectivity index (χ4v) is 4.86. The maximum absolute atomic E-state index is 14.2. The van der Waals surface area contributed by atoms with Crippen molar-refractivity contribution in [3.05, 3.63) is 66.7 Å². The third kappa shape index (κ3) is 5.40. The van der Waals surface area contributed by atoms with E-state index < -0.39 is 49.2 Å². The van der Waals surface area contributed by atoms with E-state index in [4.69, 9.17) is 41.7 Å². The highest BCUT2D eigenvalue weighted by molar-refractivity contribution is 7.54. The molecule has 0 amide bonds. The van der Waals surface area contributed by atoms with Crippen LogP contribution in [0.1, 0.15) is 30.5 Å². The maximum atomic E-state index is 14.2. The Bertz CT molecular complexity index is 1200. The number of carbonyl (C=O) groups is 1. The Morgan fingerprint density at radius 1 is 1.27 bits per heavy atom. The van der Waals surface area contributed by atoms with Gasteiger partial charge in [0.1, 0.15) is 12.8 Å². The second-order valence-electron chi connectivity index (χ2n) is 6.95. The van der Waals surface area contributed by atoms with Crippen molar-refractivity contribution in [1.82, 2.24) is 9.13 Å². The number of aromatic nitrogens is 2. The summed E-state index contributed by atoms with van der Waals surface area (Å²) in [6.07, 6.45) is 1.06. The lowest BCUT2D eigenvalue weighted by Gasteiger charge is -2.25. The minimum absolute atomic E-state index is 0.0785. The van der Waals surface area contributed by atoms with Gasteiger partial charge in [-0.05, 0) is 25.0 Å². The second kappa shape index (κ2) is 10.5. The molecule has 0 aliphatic carbocycles. The molecule has 2 heterocycles. The van der Waals surface area contributed by atoms with E-state index in [0.29, 0.717) is 24.0 Å². The van der Waals surface area contributed by atoms with E-state index in [2.05, 4.69) is 0 Å². The molecule has 3 rings (SSSR count). The van der Waals surface area contributed by atoms with E-state index in [9.17, 15) is 23.3 Å². The number of halogens is 3. The summed E-state index contributed by atoms with van der Waals surface area (Å²) in [6.45, 7) is -0.595. The second-order valence-corrected chi connectivity index (χ2v) is 10.0.